The molecule has 7 heteroatoms. The lowest BCUT2D eigenvalue weighted by Crippen LogP contribution is -2.36. The summed E-state index contributed by atoms with van der Waals surface area (Å²) in [7, 11) is 3.48. The molecule has 2 heterocycles. The van der Waals surface area contributed by atoms with E-state index in [0.717, 1.165) is 10.7 Å². The van der Waals surface area contributed by atoms with Gasteiger partial charge in [0, 0.05) is 19.5 Å². The minimum Gasteiger partial charge on any atom is -0.349 e. The highest BCUT2D eigenvalue weighted by atomic mass is 32.1. The highest BCUT2D eigenvalue weighted by molar-refractivity contribution is 7.20. The van der Waals surface area contributed by atoms with Crippen molar-refractivity contribution in [2.75, 3.05) is 19.4 Å². The number of rotatable bonds is 3. The van der Waals surface area contributed by atoms with Gasteiger partial charge in [-0.25, -0.2) is 9.50 Å². The number of nitrogens with zero attached hydrogens (tertiary/aromatic N) is 4. The average Bonchev–Trinajstić information content (AvgIpc) is 2.84. The van der Waals surface area contributed by atoms with Gasteiger partial charge >= 0.3 is 0 Å². The Balaban J connectivity index is 2.17. The summed E-state index contributed by atoms with van der Waals surface area (Å²) in [6.07, 6.45) is 1.94. The molecule has 1 amide bonds. The molecule has 0 aliphatic carbocycles. The molecule has 2 rings (SSSR count). The third kappa shape index (κ3) is 2.92. The zero-order chi connectivity index (χ0) is 15.1. The molecule has 0 saturated carbocycles. The van der Waals surface area contributed by atoms with E-state index in [0.29, 0.717) is 5.13 Å². The van der Waals surface area contributed by atoms with Gasteiger partial charge in [0.15, 0.2) is 0 Å². The van der Waals surface area contributed by atoms with Crippen molar-refractivity contribution in [1.82, 2.24) is 19.5 Å². The summed E-state index contributed by atoms with van der Waals surface area (Å²) in [5.74, 6) is 0.0215. The molecule has 0 saturated heterocycles. The SMILES string of the molecule is C[C@H](Nc1nn2cc(C(C)(C)C)nc2s1)C(=O)N(C)C. The molecule has 0 aromatic carbocycles. The molecule has 1 N–H and O–H groups in total. The van der Waals surface area contributed by atoms with Crippen LogP contribution in [0.25, 0.3) is 4.96 Å². The fourth-order valence-corrected chi connectivity index (χ4v) is 2.62. The lowest BCUT2D eigenvalue weighted by Gasteiger charge is -2.17. The molecule has 0 bridgehead atoms. The molecule has 0 unspecified atom stereocenters. The lowest BCUT2D eigenvalue weighted by molar-refractivity contribution is -0.129. The van der Waals surface area contributed by atoms with Crippen molar-refractivity contribution in [3.63, 3.8) is 0 Å². The summed E-state index contributed by atoms with van der Waals surface area (Å²) in [6, 6.07) is -0.303. The fourth-order valence-electron chi connectivity index (χ4n) is 1.75. The number of hydrogen-bond acceptors (Lipinski definition) is 5. The maximum atomic E-state index is 11.8. The highest BCUT2D eigenvalue weighted by Gasteiger charge is 2.21. The third-order valence-corrected chi connectivity index (χ3v) is 3.82. The van der Waals surface area contributed by atoms with Gasteiger partial charge in [-0.3, -0.25) is 4.79 Å². The minimum absolute atomic E-state index is 0.00912. The van der Waals surface area contributed by atoms with Crippen LogP contribution in [0.15, 0.2) is 6.20 Å². The predicted molar refractivity (Wildman–Crippen MR) is 81.3 cm³/mol. The number of amides is 1. The van der Waals surface area contributed by atoms with Crippen LogP contribution in [-0.4, -0.2) is 45.5 Å². The first-order chi connectivity index (χ1) is 9.18. The Labute approximate surface area is 122 Å². The molecule has 0 fully saturated rings. The summed E-state index contributed by atoms with van der Waals surface area (Å²) < 4.78 is 1.76. The zero-order valence-electron chi connectivity index (χ0n) is 12.8. The average molecular weight is 295 g/mol. The number of fused-ring (bicyclic) bond motifs is 1. The smallest absolute Gasteiger partial charge is 0.244 e. The molecule has 0 aliphatic heterocycles. The molecular formula is C13H21N5OS. The minimum atomic E-state index is -0.303. The molecule has 0 spiro atoms. The van der Waals surface area contributed by atoms with Crippen LogP contribution < -0.4 is 5.32 Å². The first-order valence-electron chi connectivity index (χ1n) is 6.53. The van der Waals surface area contributed by atoms with Crippen LogP contribution >= 0.6 is 11.3 Å². The maximum Gasteiger partial charge on any atom is 0.244 e. The second kappa shape index (κ2) is 5.05. The molecule has 1 atom stereocenters. The van der Waals surface area contributed by atoms with Crippen LogP contribution in [-0.2, 0) is 10.2 Å². The molecule has 6 nitrogen and oxygen atoms in total. The summed E-state index contributed by atoms with van der Waals surface area (Å²) in [5, 5.41) is 8.24. The standard InChI is InChI=1S/C13H21N5OS/c1-8(10(19)17(5)6)14-11-16-18-7-9(13(2,3)4)15-12(18)20-11/h7-8H,1-6H3,(H,14,16)/t8-/m0/s1. The van der Waals surface area contributed by atoms with E-state index in [2.05, 4.69) is 36.2 Å². The second-order valence-electron chi connectivity index (χ2n) is 6.11. The Morgan fingerprint density at radius 3 is 2.60 bits per heavy atom. The number of hydrogen-bond donors (Lipinski definition) is 1. The van der Waals surface area contributed by atoms with Crippen molar-refractivity contribution in [1.29, 1.82) is 0 Å². The Bertz CT molecular complexity index is 591. The van der Waals surface area contributed by atoms with E-state index in [4.69, 9.17) is 0 Å². The normalized spacial score (nSPS) is 13.5. The largest absolute Gasteiger partial charge is 0.349 e. The van der Waals surface area contributed by atoms with Crippen molar-refractivity contribution < 1.29 is 4.79 Å². The number of nitrogens with one attached hydrogen (secondary N) is 1. The number of carbonyl (C=O) groups excluding carboxylic acids is 1. The maximum absolute atomic E-state index is 11.8. The molecule has 20 heavy (non-hydrogen) atoms. The quantitative estimate of drug-likeness (QED) is 0.940. The van der Waals surface area contributed by atoms with Crippen LogP contribution in [0.2, 0.25) is 0 Å². The van der Waals surface area contributed by atoms with Gasteiger partial charge in [-0.05, 0) is 6.92 Å². The number of likely N-dealkylation sites (N-methyl/N-ethyl adjacent to an activating group) is 1. The van der Waals surface area contributed by atoms with E-state index in [1.807, 2.05) is 13.1 Å². The summed E-state index contributed by atoms with van der Waals surface area (Å²) in [5.41, 5.74) is 1.02. The van der Waals surface area contributed by atoms with Gasteiger partial charge in [0.25, 0.3) is 0 Å². The fraction of sp³-hybridized carbons (Fsp3) is 0.615. The van der Waals surface area contributed by atoms with Gasteiger partial charge < -0.3 is 10.2 Å². The van der Waals surface area contributed by atoms with Gasteiger partial charge in [0.05, 0.1) is 11.9 Å². The number of aromatic nitrogens is 3. The van der Waals surface area contributed by atoms with Gasteiger partial charge in [-0.15, -0.1) is 5.10 Å². The van der Waals surface area contributed by atoms with Crippen LogP contribution in [0.5, 0.6) is 0 Å². The lowest BCUT2D eigenvalue weighted by atomic mass is 9.93. The second-order valence-corrected chi connectivity index (χ2v) is 7.07. The first-order valence-corrected chi connectivity index (χ1v) is 7.34. The first kappa shape index (κ1) is 14.8. The van der Waals surface area contributed by atoms with E-state index in [1.165, 1.54) is 11.3 Å². The molecule has 110 valence electrons. The van der Waals surface area contributed by atoms with Gasteiger partial charge in [0.2, 0.25) is 16.0 Å². The Kier molecular flexibility index (Phi) is 3.73. The number of carbonyl (C=O) groups is 1. The molecule has 2 aromatic rings. The Morgan fingerprint density at radius 2 is 2.10 bits per heavy atom. The Morgan fingerprint density at radius 1 is 1.45 bits per heavy atom. The van der Waals surface area contributed by atoms with Crippen LogP contribution in [0.4, 0.5) is 5.13 Å². The molecule has 2 aromatic heterocycles. The van der Waals surface area contributed by atoms with E-state index >= 15 is 0 Å². The summed E-state index contributed by atoms with van der Waals surface area (Å²) >= 11 is 1.45. The van der Waals surface area contributed by atoms with E-state index in [9.17, 15) is 4.79 Å². The molecule has 0 radical (unpaired) electrons. The number of imidazole rings is 1. The topological polar surface area (TPSA) is 62.5 Å². The predicted octanol–water partition coefficient (Wildman–Crippen LogP) is 1.98. The van der Waals surface area contributed by atoms with Gasteiger partial charge in [-0.1, -0.05) is 32.1 Å². The van der Waals surface area contributed by atoms with Gasteiger partial charge in [-0.2, -0.15) is 0 Å². The van der Waals surface area contributed by atoms with Crippen molar-refractivity contribution in [3.05, 3.63) is 11.9 Å². The van der Waals surface area contributed by atoms with E-state index < -0.39 is 0 Å². The highest BCUT2D eigenvalue weighted by Crippen LogP contribution is 2.25. The molecular weight excluding hydrogens is 274 g/mol. The van der Waals surface area contributed by atoms with Crippen LogP contribution in [0, 0.1) is 0 Å². The number of anilines is 1. The van der Waals surface area contributed by atoms with Crippen molar-refractivity contribution in [2.45, 2.75) is 39.2 Å². The monoisotopic (exact) mass is 295 g/mol. The summed E-state index contributed by atoms with van der Waals surface area (Å²) in [4.78, 5) is 18.8. The van der Waals surface area contributed by atoms with E-state index in [-0.39, 0.29) is 17.4 Å². The van der Waals surface area contributed by atoms with Gasteiger partial charge in [0.1, 0.15) is 6.04 Å². The van der Waals surface area contributed by atoms with Crippen LogP contribution in [0.3, 0.4) is 0 Å². The Hall–Kier alpha value is -1.63. The van der Waals surface area contributed by atoms with Crippen molar-refractivity contribution in [2.24, 2.45) is 0 Å². The zero-order valence-corrected chi connectivity index (χ0v) is 13.6. The third-order valence-electron chi connectivity index (χ3n) is 2.96. The van der Waals surface area contributed by atoms with E-state index in [1.54, 1.807) is 23.5 Å². The molecule has 0 aliphatic rings. The van der Waals surface area contributed by atoms with Crippen molar-refractivity contribution in [3.8, 4) is 0 Å². The van der Waals surface area contributed by atoms with Crippen molar-refractivity contribution >= 4 is 27.3 Å². The van der Waals surface area contributed by atoms with Crippen LogP contribution in [0.1, 0.15) is 33.4 Å². The summed E-state index contributed by atoms with van der Waals surface area (Å²) in [6.45, 7) is 8.19.